The summed E-state index contributed by atoms with van der Waals surface area (Å²) >= 11 is 0. The van der Waals surface area contributed by atoms with Crippen molar-refractivity contribution in [2.24, 2.45) is 0 Å². The molecule has 0 spiro atoms. The first-order valence-corrected chi connectivity index (χ1v) is 6.31. The Labute approximate surface area is 116 Å². The number of ether oxygens (including phenoxy) is 1. The smallest absolute Gasteiger partial charge is 0.400 e. The number of rotatable bonds is 2. The second-order valence-corrected chi connectivity index (χ2v) is 4.95. The van der Waals surface area contributed by atoms with E-state index >= 15 is 0 Å². The normalized spacial score (nSPS) is 27.3. The summed E-state index contributed by atoms with van der Waals surface area (Å²) in [6, 6.07) is 0. The van der Waals surface area contributed by atoms with Gasteiger partial charge in [-0.1, -0.05) is 0 Å². The van der Waals surface area contributed by atoms with Gasteiger partial charge < -0.3 is 25.1 Å². The highest BCUT2D eigenvalue weighted by Crippen LogP contribution is 2.31. The number of nitrogens with one attached hydrogen (secondary N) is 1. The van der Waals surface area contributed by atoms with E-state index < -0.39 is 35.9 Å². The van der Waals surface area contributed by atoms with E-state index in [1.165, 1.54) is 6.92 Å². The Hall–Kier alpha value is -2.17. The zero-order valence-corrected chi connectivity index (χ0v) is 11.0. The Kier molecular flexibility index (Phi) is 3.08. The molecular weight excluding hydrogens is 284 g/mol. The van der Waals surface area contributed by atoms with E-state index in [-0.39, 0.29) is 23.6 Å². The first kappa shape index (κ1) is 13.8. The topological polar surface area (TPSA) is 157 Å². The maximum Gasteiger partial charge on any atom is 0.423 e. The highest BCUT2D eigenvalue weighted by Gasteiger charge is 2.40. The van der Waals surface area contributed by atoms with Crippen LogP contribution in [-0.2, 0) is 4.74 Å². The number of anilines is 1. The van der Waals surface area contributed by atoms with Crippen molar-refractivity contribution in [2.45, 2.75) is 37.9 Å². The summed E-state index contributed by atoms with van der Waals surface area (Å²) in [5.41, 5.74) is 4.33. The molecule has 10 nitrogen and oxygen atoms in total. The lowest BCUT2D eigenvalue weighted by atomic mass is 10.1. The van der Waals surface area contributed by atoms with Gasteiger partial charge >= 0.3 is 5.76 Å². The van der Waals surface area contributed by atoms with Gasteiger partial charge in [-0.3, -0.25) is 9.78 Å². The van der Waals surface area contributed by atoms with Crippen molar-refractivity contribution in [2.75, 3.05) is 5.73 Å². The molecule has 5 N–H and O–H groups in total. The summed E-state index contributed by atoms with van der Waals surface area (Å²) in [7, 11) is 0. The average molecular weight is 298 g/mol. The summed E-state index contributed by atoms with van der Waals surface area (Å²) in [6.45, 7) is 1.51. The van der Waals surface area contributed by atoms with Gasteiger partial charge in [0.1, 0.15) is 6.10 Å². The largest absolute Gasteiger partial charge is 0.423 e. The van der Waals surface area contributed by atoms with Gasteiger partial charge in [0.25, 0.3) is 5.56 Å². The number of hydrogen-bond donors (Lipinski definition) is 4. The Bertz CT molecular complexity index is 790. The third kappa shape index (κ3) is 2.13. The Balaban J connectivity index is 2.15. The fourth-order valence-electron chi connectivity index (χ4n) is 2.39. The van der Waals surface area contributed by atoms with Crippen LogP contribution in [0.4, 0.5) is 5.95 Å². The van der Waals surface area contributed by atoms with Gasteiger partial charge in [0.05, 0.1) is 12.2 Å². The van der Waals surface area contributed by atoms with Crippen LogP contribution in [0.1, 0.15) is 19.6 Å². The number of H-pyrrole nitrogens is 1. The lowest BCUT2D eigenvalue weighted by Gasteiger charge is -2.16. The Morgan fingerprint density at radius 3 is 2.86 bits per heavy atom. The second-order valence-electron chi connectivity index (χ2n) is 4.95. The number of fused-ring (bicyclic) bond motifs is 1. The Morgan fingerprint density at radius 1 is 1.52 bits per heavy atom. The number of aromatic nitrogens is 3. The zero-order chi connectivity index (χ0) is 15.3. The summed E-state index contributed by atoms with van der Waals surface area (Å²) in [6.07, 6.45) is -3.47. The summed E-state index contributed by atoms with van der Waals surface area (Å²) in [4.78, 5) is 29.6. The van der Waals surface area contributed by atoms with Crippen molar-refractivity contribution in [1.29, 1.82) is 0 Å². The molecule has 0 amide bonds. The fraction of sp³-hybridized carbons (Fsp3) is 0.545. The van der Waals surface area contributed by atoms with Crippen LogP contribution in [-0.4, -0.2) is 43.1 Å². The van der Waals surface area contributed by atoms with E-state index in [4.69, 9.17) is 14.9 Å². The minimum atomic E-state index is -1.10. The summed E-state index contributed by atoms with van der Waals surface area (Å²) in [5, 5.41) is 19.5. The van der Waals surface area contributed by atoms with E-state index in [2.05, 4.69) is 9.97 Å². The molecule has 0 saturated carbocycles. The lowest BCUT2D eigenvalue weighted by molar-refractivity contribution is -0.0719. The van der Waals surface area contributed by atoms with Gasteiger partial charge in [-0.15, -0.1) is 0 Å². The highest BCUT2D eigenvalue weighted by atomic mass is 16.5. The highest BCUT2D eigenvalue weighted by molar-refractivity contribution is 5.68. The lowest BCUT2D eigenvalue weighted by Crippen LogP contribution is -2.28. The molecule has 10 heteroatoms. The molecular formula is C11H14N4O6. The third-order valence-electron chi connectivity index (χ3n) is 3.40. The molecule has 1 aliphatic rings. The Morgan fingerprint density at radius 2 is 2.24 bits per heavy atom. The SMILES string of the molecule is CC(O)C1CC(O)C(n2c(=O)oc3c(=O)[nH]c(N)nc32)O1. The van der Waals surface area contributed by atoms with Crippen molar-refractivity contribution in [3.63, 3.8) is 0 Å². The van der Waals surface area contributed by atoms with Crippen molar-refractivity contribution < 1.29 is 19.4 Å². The number of nitrogens with two attached hydrogens (primary N) is 1. The molecule has 0 aromatic carbocycles. The molecule has 21 heavy (non-hydrogen) atoms. The zero-order valence-electron chi connectivity index (χ0n) is 11.0. The maximum atomic E-state index is 11.9. The molecule has 2 aromatic heterocycles. The van der Waals surface area contributed by atoms with E-state index in [1.54, 1.807) is 0 Å². The minimum Gasteiger partial charge on any atom is -0.400 e. The molecule has 4 unspecified atom stereocenters. The van der Waals surface area contributed by atoms with Crippen LogP contribution in [0.5, 0.6) is 0 Å². The van der Waals surface area contributed by atoms with E-state index in [0.29, 0.717) is 0 Å². The minimum absolute atomic E-state index is 0.114. The van der Waals surface area contributed by atoms with Crippen LogP contribution in [0.3, 0.4) is 0 Å². The van der Waals surface area contributed by atoms with Gasteiger partial charge in [-0.25, -0.2) is 9.36 Å². The predicted molar refractivity (Wildman–Crippen MR) is 69.5 cm³/mol. The van der Waals surface area contributed by atoms with Gasteiger partial charge in [0.2, 0.25) is 11.5 Å². The van der Waals surface area contributed by atoms with E-state index in [0.717, 1.165) is 4.57 Å². The van der Waals surface area contributed by atoms with Crippen molar-refractivity contribution >= 4 is 17.2 Å². The average Bonchev–Trinajstić information content (AvgIpc) is 2.90. The molecule has 0 radical (unpaired) electrons. The van der Waals surface area contributed by atoms with Crippen molar-refractivity contribution in [3.05, 3.63) is 20.9 Å². The van der Waals surface area contributed by atoms with Crippen LogP contribution in [0.2, 0.25) is 0 Å². The first-order chi connectivity index (χ1) is 9.88. The van der Waals surface area contributed by atoms with E-state index in [9.17, 15) is 19.8 Å². The van der Waals surface area contributed by atoms with Crippen molar-refractivity contribution in [1.82, 2.24) is 14.5 Å². The molecule has 0 bridgehead atoms. The van der Waals surface area contributed by atoms with Crippen molar-refractivity contribution in [3.8, 4) is 0 Å². The number of aromatic amines is 1. The summed E-state index contributed by atoms with van der Waals surface area (Å²) < 4.78 is 11.2. The molecule has 3 rings (SSSR count). The number of nitrogens with zero attached hydrogens (tertiary/aromatic N) is 2. The predicted octanol–water partition coefficient (Wildman–Crippen LogP) is -1.71. The van der Waals surface area contributed by atoms with Crippen LogP contribution in [0, 0.1) is 0 Å². The van der Waals surface area contributed by atoms with Gasteiger partial charge in [0.15, 0.2) is 11.9 Å². The number of hydrogen-bond acceptors (Lipinski definition) is 8. The first-order valence-electron chi connectivity index (χ1n) is 6.31. The van der Waals surface area contributed by atoms with Gasteiger partial charge in [0, 0.05) is 6.42 Å². The molecule has 3 heterocycles. The number of oxazole rings is 1. The molecule has 2 aromatic rings. The quantitative estimate of drug-likeness (QED) is 0.510. The van der Waals surface area contributed by atoms with Gasteiger partial charge in [-0.05, 0) is 6.92 Å². The van der Waals surface area contributed by atoms with Crippen LogP contribution < -0.4 is 17.0 Å². The number of aliphatic hydroxyl groups excluding tert-OH is 2. The van der Waals surface area contributed by atoms with Crippen LogP contribution >= 0.6 is 0 Å². The number of nitrogen functional groups attached to an aromatic ring is 1. The molecule has 114 valence electrons. The maximum absolute atomic E-state index is 11.9. The fourth-order valence-corrected chi connectivity index (χ4v) is 2.39. The van der Waals surface area contributed by atoms with E-state index in [1.807, 2.05) is 0 Å². The summed E-state index contributed by atoms with van der Waals surface area (Å²) in [5.74, 6) is -1.09. The van der Waals surface area contributed by atoms with Crippen LogP contribution in [0.15, 0.2) is 14.0 Å². The number of aliphatic hydroxyl groups is 2. The van der Waals surface area contributed by atoms with Gasteiger partial charge in [-0.2, -0.15) is 4.98 Å². The molecule has 0 aliphatic carbocycles. The molecule has 1 aliphatic heterocycles. The third-order valence-corrected chi connectivity index (χ3v) is 3.40. The monoisotopic (exact) mass is 298 g/mol. The standard InChI is InChI=1S/C11H14N4O6/c1-3(16)5-2-4(17)9(20-5)15-7-6(21-11(15)19)8(18)14-10(12)13-7/h3-5,9,16-17H,2H2,1H3,(H3,12,13,14,18). The molecule has 1 saturated heterocycles. The van der Waals surface area contributed by atoms with Crippen LogP contribution in [0.25, 0.3) is 11.2 Å². The second kappa shape index (κ2) is 4.69. The molecule has 1 fully saturated rings. The molecule has 4 atom stereocenters.